The Hall–Kier alpha value is -2.08. The predicted octanol–water partition coefficient (Wildman–Crippen LogP) is 1.38. The average Bonchev–Trinajstić information content (AvgIpc) is 3.05. The van der Waals surface area contributed by atoms with E-state index in [0.717, 1.165) is 25.6 Å². The van der Waals surface area contributed by atoms with E-state index < -0.39 is 0 Å². The van der Waals surface area contributed by atoms with Gasteiger partial charge in [-0.3, -0.25) is 14.7 Å². The lowest BCUT2D eigenvalue weighted by molar-refractivity contribution is -0.140. The molecule has 1 aromatic carbocycles. The summed E-state index contributed by atoms with van der Waals surface area (Å²) >= 11 is 0. The van der Waals surface area contributed by atoms with E-state index in [0.29, 0.717) is 19.0 Å². The second kappa shape index (κ2) is 9.93. The van der Waals surface area contributed by atoms with Gasteiger partial charge in [0.1, 0.15) is 0 Å². The molecule has 0 amide bonds. The van der Waals surface area contributed by atoms with Crippen LogP contribution in [-0.4, -0.2) is 56.7 Å². The molecule has 1 aliphatic heterocycles. The molecule has 132 valence electrons. The maximum Gasteiger partial charge on any atom is 0.307 e. The van der Waals surface area contributed by atoms with E-state index in [1.54, 1.807) is 7.05 Å². The monoisotopic (exact) mass is 332 g/mol. The SMILES string of the molecule is CN=C(NCCC(=O)OC)NCC1CCCN1Cc1ccccc1. The van der Waals surface area contributed by atoms with Crippen LogP contribution in [-0.2, 0) is 16.1 Å². The topological polar surface area (TPSA) is 66.0 Å². The van der Waals surface area contributed by atoms with Crippen molar-refractivity contribution in [2.45, 2.75) is 31.8 Å². The van der Waals surface area contributed by atoms with E-state index in [9.17, 15) is 4.79 Å². The number of likely N-dealkylation sites (tertiary alicyclic amines) is 1. The van der Waals surface area contributed by atoms with Crippen molar-refractivity contribution in [1.82, 2.24) is 15.5 Å². The third-order valence-corrected chi connectivity index (χ3v) is 4.31. The molecule has 6 nitrogen and oxygen atoms in total. The summed E-state index contributed by atoms with van der Waals surface area (Å²) in [5, 5.41) is 6.51. The van der Waals surface area contributed by atoms with E-state index >= 15 is 0 Å². The maximum atomic E-state index is 11.1. The molecule has 1 heterocycles. The Balaban J connectivity index is 1.75. The summed E-state index contributed by atoms with van der Waals surface area (Å²) < 4.78 is 4.63. The Morgan fingerprint density at radius 2 is 2.12 bits per heavy atom. The number of hydrogen-bond donors (Lipinski definition) is 2. The van der Waals surface area contributed by atoms with Gasteiger partial charge >= 0.3 is 5.97 Å². The van der Waals surface area contributed by atoms with Gasteiger partial charge in [0.15, 0.2) is 5.96 Å². The molecule has 0 radical (unpaired) electrons. The molecule has 6 heteroatoms. The number of hydrogen-bond acceptors (Lipinski definition) is 4. The summed E-state index contributed by atoms with van der Waals surface area (Å²) in [7, 11) is 3.14. The van der Waals surface area contributed by atoms with Gasteiger partial charge in [-0.1, -0.05) is 30.3 Å². The van der Waals surface area contributed by atoms with E-state index in [1.165, 1.54) is 25.5 Å². The minimum Gasteiger partial charge on any atom is -0.469 e. The molecule has 1 aliphatic rings. The average molecular weight is 332 g/mol. The highest BCUT2D eigenvalue weighted by Gasteiger charge is 2.24. The lowest BCUT2D eigenvalue weighted by Gasteiger charge is -2.25. The number of aliphatic imine (C=N–C) groups is 1. The van der Waals surface area contributed by atoms with Gasteiger partial charge in [0.25, 0.3) is 0 Å². The molecule has 0 aliphatic carbocycles. The highest BCUT2D eigenvalue weighted by Crippen LogP contribution is 2.19. The van der Waals surface area contributed by atoms with E-state index in [4.69, 9.17) is 0 Å². The lowest BCUT2D eigenvalue weighted by atomic mass is 10.2. The van der Waals surface area contributed by atoms with Crippen molar-refractivity contribution in [3.63, 3.8) is 0 Å². The van der Waals surface area contributed by atoms with Gasteiger partial charge in [0, 0.05) is 32.7 Å². The Morgan fingerprint density at radius 3 is 2.83 bits per heavy atom. The first-order chi connectivity index (χ1) is 11.7. The molecular weight excluding hydrogens is 304 g/mol. The molecule has 1 aromatic rings. The van der Waals surface area contributed by atoms with Gasteiger partial charge in [-0.25, -0.2) is 0 Å². The highest BCUT2D eigenvalue weighted by atomic mass is 16.5. The molecule has 0 aromatic heterocycles. The van der Waals surface area contributed by atoms with Gasteiger partial charge in [-0.05, 0) is 24.9 Å². The van der Waals surface area contributed by atoms with Crippen molar-refractivity contribution >= 4 is 11.9 Å². The normalized spacial score (nSPS) is 18.4. The number of nitrogens with one attached hydrogen (secondary N) is 2. The van der Waals surface area contributed by atoms with E-state index in [-0.39, 0.29) is 5.97 Å². The first-order valence-electron chi connectivity index (χ1n) is 8.52. The van der Waals surface area contributed by atoms with Crippen LogP contribution in [0.4, 0.5) is 0 Å². The molecular formula is C18H28N4O2. The first-order valence-corrected chi connectivity index (χ1v) is 8.52. The fourth-order valence-electron chi connectivity index (χ4n) is 2.97. The molecule has 0 bridgehead atoms. The van der Waals surface area contributed by atoms with Crippen LogP contribution in [0.3, 0.4) is 0 Å². The minimum atomic E-state index is -0.220. The molecule has 0 spiro atoms. The standard InChI is InChI=1S/C18H28N4O2/c1-19-18(20-11-10-17(23)24-2)21-13-16-9-6-12-22(16)14-15-7-4-3-5-8-15/h3-5,7-8,16H,6,9-14H2,1-2H3,(H2,19,20,21). The Labute approximate surface area is 144 Å². The second-order valence-electron chi connectivity index (χ2n) is 5.96. The van der Waals surface area contributed by atoms with Crippen molar-refractivity contribution in [3.05, 3.63) is 35.9 Å². The Morgan fingerprint density at radius 1 is 1.33 bits per heavy atom. The molecule has 0 saturated carbocycles. The van der Waals surface area contributed by atoms with Crippen molar-refractivity contribution in [2.24, 2.45) is 4.99 Å². The molecule has 1 atom stereocenters. The zero-order valence-corrected chi connectivity index (χ0v) is 14.6. The molecule has 1 unspecified atom stereocenters. The molecule has 2 rings (SSSR count). The summed E-state index contributed by atoms with van der Waals surface area (Å²) in [6.07, 6.45) is 2.76. The summed E-state index contributed by atoms with van der Waals surface area (Å²) in [5.74, 6) is 0.508. The lowest BCUT2D eigenvalue weighted by Crippen LogP contribution is -2.45. The number of rotatable bonds is 7. The summed E-state index contributed by atoms with van der Waals surface area (Å²) in [6.45, 7) is 3.49. The largest absolute Gasteiger partial charge is 0.469 e. The molecule has 2 N–H and O–H groups in total. The summed E-state index contributed by atoms with van der Waals surface area (Å²) in [6, 6.07) is 11.1. The number of carbonyl (C=O) groups excluding carboxylic acids is 1. The Kier molecular flexibility index (Phi) is 7.55. The summed E-state index contributed by atoms with van der Waals surface area (Å²) in [5.41, 5.74) is 1.35. The van der Waals surface area contributed by atoms with Crippen molar-refractivity contribution in [2.75, 3.05) is 33.8 Å². The van der Waals surface area contributed by atoms with Crippen LogP contribution in [0.1, 0.15) is 24.8 Å². The van der Waals surface area contributed by atoms with Gasteiger partial charge in [-0.15, -0.1) is 0 Å². The molecule has 24 heavy (non-hydrogen) atoms. The number of esters is 1. The Bertz CT molecular complexity index is 533. The fraction of sp³-hybridized carbons (Fsp3) is 0.556. The smallest absolute Gasteiger partial charge is 0.307 e. The number of methoxy groups -OCH3 is 1. The van der Waals surface area contributed by atoms with Gasteiger partial charge in [0.2, 0.25) is 0 Å². The third-order valence-electron chi connectivity index (χ3n) is 4.31. The van der Waals surface area contributed by atoms with Crippen LogP contribution in [0, 0.1) is 0 Å². The van der Waals surface area contributed by atoms with Crippen molar-refractivity contribution in [1.29, 1.82) is 0 Å². The highest BCUT2D eigenvalue weighted by molar-refractivity contribution is 5.80. The number of nitrogens with zero attached hydrogens (tertiary/aromatic N) is 2. The van der Waals surface area contributed by atoms with E-state index in [2.05, 4.69) is 55.6 Å². The van der Waals surface area contributed by atoms with Crippen molar-refractivity contribution < 1.29 is 9.53 Å². The van der Waals surface area contributed by atoms with Crippen LogP contribution in [0.25, 0.3) is 0 Å². The van der Waals surface area contributed by atoms with Gasteiger partial charge in [-0.2, -0.15) is 0 Å². The minimum absolute atomic E-state index is 0.220. The molecule has 1 saturated heterocycles. The summed E-state index contributed by atoms with van der Waals surface area (Å²) in [4.78, 5) is 17.9. The number of benzene rings is 1. The third kappa shape index (κ3) is 5.85. The zero-order valence-electron chi connectivity index (χ0n) is 14.6. The second-order valence-corrected chi connectivity index (χ2v) is 5.96. The number of guanidine groups is 1. The quantitative estimate of drug-likeness (QED) is 0.449. The number of ether oxygens (including phenoxy) is 1. The first kappa shape index (κ1) is 18.3. The van der Waals surface area contributed by atoms with Crippen LogP contribution in [0.5, 0.6) is 0 Å². The van der Waals surface area contributed by atoms with Crippen LogP contribution >= 0.6 is 0 Å². The van der Waals surface area contributed by atoms with Crippen LogP contribution < -0.4 is 10.6 Å². The molecule has 1 fully saturated rings. The fourth-order valence-corrected chi connectivity index (χ4v) is 2.97. The van der Waals surface area contributed by atoms with Gasteiger partial charge < -0.3 is 15.4 Å². The van der Waals surface area contributed by atoms with Crippen LogP contribution in [0.2, 0.25) is 0 Å². The number of carbonyl (C=O) groups is 1. The maximum absolute atomic E-state index is 11.1. The van der Waals surface area contributed by atoms with E-state index in [1.807, 2.05) is 0 Å². The zero-order chi connectivity index (χ0) is 17.2. The predicted molar refractivity (Wildman–Crippen MR) is 95.9 cm³/mol. The van der Waals surface area contributed by atoms with Gasteiger partial charge in [0.05, 0.1) is 13.5 Å². The van der Waals surface area contributed by atoms with Crippen LogP contribution in [0.15, 0.2) is 35.3 Å². The van der Waals surface area contributed by atoms with Crippen molar-refractivity contribution in [3.8, 4) is 0 Å².